The molecule has 2 N–H and O–H groups in total. The molecule has 30 heavy (non-hydrogen) atoms. The fraction of sp³-hybridized carbons (Fsp3) is 0.545. The molecular weight excluding hydrogens is 384 g/mol. The van der Waals surface area contributed by atoms with Gasteiger partial charge in [0.1, 0.15) is 11.9 Å². The highest BCUT2D eigenvalue weighted by Gasteiger charge is 2.28. The van der Waals surface area contributed by atoms with Crippen LogP contribution in [-0.4, -0.2) is 69.5 Å². The molecule has 2 aliphatic rings. The van der Waals surface area contributed by atoms with Crippen LogP contribution < -0.4 is 4.90 Å². The Kier molecular flexibility index (Phi) is 6.13. The quantitative estimate of drug-likeness (QED) is 0.698. The Morgan fingerprint density at radius 2 is 1.73 bits per heavy atom. The summed E-state index contributed by atoms with van der Waals surface area (Å²) in [5.41, 5.74) is 1.67. The number of fused-ring (bicyclic) bond motifs is 1. The van der Waals surface area contributed by atoms with Crippen LogP contribution >= 0.6 is 0 Å². The van der Waals surface area contributed by atoms with Gasteiger partial charge in [-0.2, -0.15) is 0 Å². The van der Waals surface area contributed by atoms with Crippen molar-refractivity contribution in [2.24, 2.45) is 0 Å². The van der Waals surface area contributed by atoms with E-state index in [-0.39, 0.29) is 24.3 Å². The number of carbonyl (C=O) groups excluding carboxylic acids is 1. The summed E-state index contributed by atoms with van der Waals surface area (Å²) in [5, 5.41) is 21.3. The van der Waals surface area contributed by atoms with Crippen molar-refractivity contribution in [2.75, 3.05) is 37.6 Å². The van der Waals surface area contributed by atoms with E-state index < -0.39 is 6.10 Å². The van der Waals surface area contributed by atoms with E-state index in [4.69, 9.17) is 4.74 Å². The first-order valence-corrected chi connectivity index (χ1v) is 10.7. The molecule has 1 fully saturated rings. The molecule has 4 rings (SSSR count). The van der Waals surface area contributed by atoms with Gasteiger partial charge in [0.2, 0.25) is 0 Å². The van der Waals surface area contributed by atoms with E-state index in [0.29, 0.717) is 6.54 Å². The van der Waals surface area contributed by atoms with Gasteiger partial charge in [-0.05, 0) is 37.8 Å². The summed E-state index contributed by atoms with van der Waals surface area (Å²) in [6.07, 6.45) is 4.92. The van der Waals surface area contributed by atoms with Gasteiger partial charge < -0.3 is 19.8 Å². The van der Waals surface area contributed by atoms with Crippen molar-refractivity contribution in [1.82, 2.24) is 14.5 Å². The van der Waals surface area contributed by atoms with Crippen molar-refractivity contribution < 1.29 is 19.7 Å². The lowest BCUT2D eigenvalue weighted by molar-refractivity contribution is -0.148. The van der Waals surface area contributed by atoms with E-state index in [1.807, 2.05) is 18.2 Å². The zero-order chi connectivity index (χ0) is 21.1. The molecule has 0 aromatic carbocycles. The van der Waals surface area contributed by atoms with Crippen LogP contribution in [0.25, 0.3) is 0 Å². The van der Waals surface area contributed by atoms with Gasteiger partial charge in [0.25, 0.3) is 0 Å². The number of hydrogen-bond donors (Lipinski definition) is 2. The van der Waals surface area contributed by atoms with Crippen molar-refractivity contribution in [2.45, 2.75) is 45.3 Å². The van der Waals surface area contributed by atoms with Crippen LogP contribution in [0.5, 0.6) is 11.8 Å². The molecule has 2 aromatic rings. The number of nitrogens with zero attached hydrogens (tertiary/aromatic N) is 4. The van der Waals surface area contributed by atoms with Crippen molar-refractivity contribution in [1.29, 1.82) is 0 Å². The van der Waals surface area contributed by atoms with Gasteiger partial charge in [0.05, 0.1) is 6.54 Å². The van der Waals surface area contributed by atoms with Gasteiger partial charge in [-0.15, -0.1) is 0 Å². The monoisotopic (exact) mass is 414 g/mol. The maximum atomic E-state index is 11.7. The van der Waals surface area contributed by atoms with Crippen LogP contribution in [0.2, 0.25) is 0 Å². The minimum atomic E-state index is -0.449. The number of rotatable bonds is 6. The molecule has 0 bridgehead atoms. The number of anilines is 1. The SMILES string of the molecule is CC(=O)OC(CN1CCN(c2ccccn2)CC1)Cn1c(O)c2c(c1O)CCCC2. The molecule has 162 valence electrons. The van der Waals surface area contributed by atoms with Crippen molar-refractivity contribution in [3.8, 4) is 11.8 Å². The van der Waals surface area contributed by atoms with E-state index in [1.54, 1.807) is 6.20 Å². The molecule has 0 saturated carbocycles. The zero-order valence-electron chi connectivity index (χ0n) is 17.5. The van der Waals surface area contributed by atoms with E-state index in [2.05, 4.69) is 14.8 Å². The topological polar surface area (TPSA) is 91.1 Å². The first-order valence-electron chi connectivity index (χ1n) is 10.7. The Hall–Kier alpha value is -2.74. The highest BCUT2D eigenvalue weighted by molar-refractivity contribution is 5.66. The third kappa shape index (κ3) is 4.38. The van der Waals surface area contributed by atoms with Gasteiger partial charge in [-0.25, -0.2) is 4.98 Å². The Balaban J connectivity index is 1.42. The molecule has 1 atom stereocenters. The smallest absolute Gasteiger partial charge is 0.303 e. The average Bonchev–Trinajstić information content (AvgIpc) is 2.99. The fourth-order valence-corrected chi connectivity index (χ4v) is 4.56. The number of hydrogen-bond acceptors (Lipinski definition) is 7. The Labute approximate surface area is 176 Å². The van der Waals surface area contributed by atoms with Gasteiger partial charge in [-0.1, -0.05) is 6.07 Å². The highest BCUT2D eigenvalue weighted by atomic mass is 16.5. The van der Waals surface area contributed by atoms with Crippen LogP contribution in [0.15, 0.2) is 24.4 Å². The Morgan fingerprint density at radius 3 is 2.30 bits per heavy atom. The Morgan fingerprint density at radius 1 is 1.07 bits per heavy atom. The largest absolute Gasteiger partial charge is 0.494 e. The van der Waals surface area contributed by atoms with E-state index in [9.17, 15) is 15.0 Å². The molecule has 8 heteroatoms. The molecule has 1 unspecified atom stereocenters. The first-order chi connectivity index (χ1) is 14.5. The predicted octanol–water partition coefficient (Wildman–Crippen LogP) is 1.93. The summed E-state index contributed by atoms with van der Waals surface area (Å²) in [6.45, 7) is 5.54. The zero-order valence-corrected chi connectivity index (χ0v) is 17.5. The number of pyridine rings is 1. The molecule has 3 heterocycles. The molecule has 1 aliphatic carbocycles. The second kappa shape index (κ2) is 8.95. The third-order valence-electron chi connectivity index (χ3n) is 6.05. The number of carbonyl (C=O) groups is 1. The van der Waals surface area contributed by atoms with E-state index >= 15 is 0 Å². The number of esters is 1. The second-order valence-electron chi connectivity index (χ2n) is 8.13. The summed E-state index contributed by atoms with van der Waals surface area (Å²) in [4.78, 5) is 20.6. The lowest BCUT2D eigenvalue weighted by Gasteiger charge is -2.36. The summed E-state index contributed by atoms with van der Waals surface area (Å²) in [5.74, 6) is 0.836. The van der Waals surface area contributed by atoms with E-state index in [0.717, 1.165) is 68.8 Å². The second-order valence-corrected chi connectivity index (χ2v) is 8.13. The molecule has 8 nitrogen and oxygen atoms in total. The van der Waals surface area contributed by atoms with E-state index in [1.165, 1.54) is 11.5 Å². The van der Waals surface area contributed by atoms with Gasteiger partial charge in [-0.3, -0.25) is 14.3 Å². The van der Waals surface area contributed by atoms with Crippen molar-refractivity contribution in [3.05, 3.63) is 35.5 Å². The third-order valence-corrected chi connectivity index (χ3v) is 6.05. The number of ether oxygens (including phenoxy) is 1. The molecule has 2 aromatic heterocycles. The van der Waals surface area contributed by atoms with Gasteiger partial charge in [0, 0.05) is 57.0 Å². The minimum absolute atomic E-state index is 0.110. The number of aromatic nitrogens is 2. The molecule has 1 saturated heterocycles. The standard InChI is InChI=1S/C22H30N4O4/c1-16(27)30-17(15-26-21(28)18-6-2-3-7-19(18)22(26)29)14-24-10-12-25(13-11-24)20-8-4-5-9-23-20/h4-5,8-9,17,28-29H,2-3,6-7,10-15H2,1H3. The highest BCUT2D eigenvalue weighted by Crippen LogP contribution is 2.38. The summed E-state index contributed by atoms with van der Waals surface area (Å²) in [7, 11) is 0. The lowest BCUT2D eigenvalue weighted by atomic mass is 9.95. The number of piperazine rings is 1. The minimum Gasteiger partial charge on any atom is -0.494 e. The maximum absolute atomic E-state index is 11.7. The molecule has 0 amide bonds. The summed E-state index contributed by atoms with van der Waals surface area (Å²) >= 11 is 0. The summed E-state index contributed by atoms with van der Waals surface area (Å²) in [6, 6.07) is 5.91. The maximum Gasteiger partial charge on any atom is 0.303 e. The van der Waals surface area contributed by atoms with Crippen molar-refractivity contribution in [3.63, 3.8) is 0 Å². The molecular formula is C22H30N4O4. The summed E-state index contributed by atoms with van der Waals surface area (Å²) < 4.78 is 7.07. The van der Waals surface area contributed by atoms with Gasteiger partial charge in [0.15, 0.2) is 11.8 Å². The molecule has 0 spiro atoms. The molecule has 0 radical (unpaired) electrons. The first kappa shape index (κ1) is 20.5. The average molecular weight is 415 g/mol. The predicted molar refractivity (Wildman–Crippen MR) is 113 cm³/mol. The van der Waals surface area contributed by atoms with Gasteiger partial charge >= 0.3 is 5.97 Å². The van der Waals surface area contributed by atoms with Crippen LogP contribution in [-0.2, 0) is 28.9 Å². The van der Waals surface area contributed by atoms with Crippen LogP contribution in [0, 0.1) is 0 Å². The van der Waals surface area contributed by atoms with Crippen LogP contribution in [0.3, 0.4) is 0 Å². The van der Waals surface area contributed by atoms with Crippen LogP contribution in [0.4, 0.5) is 5.82 Å². The van der Waals surface area contributed by atoms with Crippen molar-refractivity contribution >= 4 is 11.8 Å². The normalized spacial score (nSPS) is 18.1. The van der Waals surface area contributed by atoms with Crippen LogP contribution in [0.1, 0.15) is 30.9 Å². The Bertz CT molecular complexity index is 846. The number of aromatic hydroxyl groups is 2. The lowest BCUT2D eigenvalue weighted by Crippen LogP contribution is -2.49. The molecule has 1 aliphatic heterocycles. The fourth-order valence-electron chi connectivity index (χ4n) is 4.56.